The van der Waals surface area contributed by atoms with Crippen LogP contribution in [0.15, 0.2) is 18.2 Å². The molecule has 0 amide bonds. The highest BCUT2D eigenvalue weighted by Gasteiger charge is 2.26. The minimum atomic E-state index is 0.338. The molecule has 0 aliphatic carbocycles. The third-order valence-electron chi connectivity index (χ3n) is 4.76. The van der Waals surface area contributed by atoms with E-state index >= 15 is 0 Å². The number of nitrogens with one attached hydrogen (secondary N) is 1. The maximum atomic E-state index is 5.96. The molecule has 0 saturated carbocycles. The van der Waals surface area contributed by atoms with Crippen LogP contribution in [-0.4, -0.2) is 13.7 Å². The summed E-state index contributed by atoms with van der Waals surface area (Å²) < 4.78 is 5.96. The zero-order valence-electron chi connectivity index (χ0n) is 13.6. The Bertz CT molecular complexity index is 447. The summed E-state index contributed by atoms with van der Waals surface area (Å²) in [6, 6.07) is 6.98. The molecule has 1 N–H and O–H groups in total. The van der Waals surface area contributed by atoms with Gasteiger partial charge in [0.05, 0.1) is 6.61 Å². The van der Waals surface area contributed by atoms with Crippen LogP contribution < -0.4 is 10.1 Å². The molecule has 0 saturated heterocycles. The molecule has 0 radical (unpaired) electrons. The second-order valence-corrected chi connectivity index (χ2v) is 7.13. The lowest BCUT2D eigenvalue weighted by Crippen LogP contribution is -2.26. The summed E-state index contributed by atoms with van der Waals surface area (Å²) in [6.07, 6.45) is 3.42. The Morgan fingerprint density at radius 1 is 1.30 bits per heavy atom. The monoisotopic (exact) mass is 275 g/mol. The third-order valence-corrected chi connectivity index (χ3v) is 4.76. The summed E-state index contributed by atoms with van der Waals surface area (Å²) in [5.41, 5.74) is 3.04. The summed E-state index contributed by atoms with van der Waals surface area (Å²) in [4.78, 5) is 0. The summed E-state index contributed by atoms with van der Waals surface area (Å²) in [6.45, 7) is 10.2. The Balaban J connectivity index is 2.24. The molecule has 2 heteroatoms. The Labute approximate surface area is 123 Å². The fourth-order valence-electron chi connectivity index (χ4n) is 2.80. The Morgan fingerprint density at radius 2 is 2.05 bits per heavy atom. The molecule has 112 valence electrons. The van der Waals surface area contributed by atoms with E-state index in [1.54, 1.807) is 0 Å². The zero-order chi connectivity index (χ0) is 14.8. The molecule has 0 spiro atoms. The largest absolute Gasteiger partial charge is 0.493 e. The van der Waals surface area contributed by atoms with Gasteiger partial charge in [-0.05, 0) is 43.2 Å². The lowest BCUT2D eigenvalue weighted by molar-refractivity contribution is 0.222. The van der Waals surface area contributed by atoms with Crippen molar-refractivity contribution < 1.29 is 4.74 Å². The first kappa shape index (κ1) is 15.4. The number of fused-ring (bicyclic) bond motifs is 1. The van der Waals surface area contributed by atoms with Crippen molar-refractivity contribution in [1.29, 1.82) is 0 Å². The predicted molar refractivity (Wildman–Crippen MR) is 85.3 cm³/mol. The van der Waals surface area contributed by atoms with Crippen molar-refractivity contribution in [3.8, 4) is 5.75 Å². The minimum Gasteiger partial charge on any atom is -0.493 e. The van der Waals surface area contributed by atoms with E-state index in [4.69, 9.17) is 4.74 Å². The van der Waals surface area contributed by atoms with Crippen molar-refractivity contribution in [1.82, 2.24) is 5.32 Å². The molecule has 1 aliphatic heterocycles. The molecule has 0 aromatic heterocycles. The summed E-state index contributed by atoms with van der Waals surface area (Å²) in [5, 5.41) is 3.49. The zero-order valence-corrected chi connectivity index (χ0v) is 13.6. The van der Waals surface area contributed by atoms with Gasteiger partial charge in [-0.15, -0.1) is 0 Å². The van der Waals surface area contributed by atoms with Gasteiger partial charge in [-0.2, -0.15) is 0 Å². The second-order valence-electron chi connectivity index (χ2n) is 7.13. The number of ether oxygens (including phenoxy) is 1. The van der Waals surface area contributed by atoms with E-state index in [0.717, 1.165) is 31.6 Å². The number of benzene rings is 1. The minimum absolute atomic E-state index is 0.338. The van der Waals surface area contributed by atoms with Gasteiger partial charge in [0.2, 0.25) is 0 Å². The van der Waals surface area contributed by atoms with Crippen molar-refractivity contribution >= 4 is 0 Å². The van der Waals surface area contributed by atoms with Crippen LogP contribution in [0.3, 0.4) is 0 Å². The molecule has 2 unspecified atom stereocenters. The Morgan fingerprint density at radius 3 is 2.70 bits per heavy atom. The number of para-hydroxylation sites is 1. The van der Waals surface area contributed by atoms with Gasteiger partial charge in [0.1, 0.15) is 5.75 Å². The van der Waals surface area contributed by atoms with Crippen molar-refractivity contribution in [3.63, 3.8) is 0 Å². The van der Waals surface area contributed by atoms with Crippen LogP contribution in [0, 0.1) is 11.3 Å². The number of rotatable bonds is 4. The first-order chi connectivity index (χ1) is 9.43. The van der Waals surface area contributed by atoms with Gasteiger partial charge in [0.15, 0.2) is 0 Å². The molecule has 2 rings (SSSR count). The molecular weight excluding hydrogens is 246 g/mol. The van der Waals surface area contributed by atoms with Gasteiger partial charge in [0.25, 0.3) is 0 Å². The lowest BCUT2D eigenvalue weighted by Gasteiger charge is -2.32. The van der Waals surface area contributed by atoms with Gasteiger partial charge in [-0.3, -0.25) is 0 Å². The fourth-order valence-corrected chi connectivity index (χ4v) is 2.80. The van der Waals surface area contributed by atoms with Crippen LogP contribution in [-0.2, 0) is 6.42 Å². The molecule has 0 fully saturated rings. The quantitative estimate of drug-likeness (QED) is 0.882. The number of hydrogen-bond donors (Lipinski definition) is 1. The van der Waals surface area contributed by atoms with Gasteiger partial charge >= 0.3 is 0 Å². The van der Waals surface area contributed by atoms with Crippen LogP contribution in [0.2, 0.25) is 0 Å². The van der Waals surface area contributed by atoms with Crippen LogP contribution in [0.4, 0.5) is 0 Å². The third kappa shape index (κ3) is 3.35. The Hall–Kier alpha value is -1.02. The van der Waals surface area contributed by atoms with E-state index in [-0.39, 0.29) is 0 Å². The smallest absolute Gasteiger partial charge is 0.127 e. The van der Waals surface area contributed by atoms with Crippen LogP contribution in [0.5, 0.6) is 5.75 Å². The van der Waals surface area contributed by atoms with Crippen molar-refractivity contribution in [3.05, 3.63) is 29.3 Å². The SMILES string of the molecule is CNC(CC(C)C(C)(C)C)c1cccc2c1OCCC2. The van der Waals surface area contributed by atoms with Crippen LogP contribution in [0.25, 0.3) is 0 Å². The van der Waals surface area contributed by atoms with Crippen molar-refractivity contribution in [2.24, 2.45) is 11.3 Å². The highest BCUT2D eigenvalue weighted by Crippen LogP contribution is 2.38. The van der Waals surface area contributed by atoms with Gasteiger partial charge in [-0.25, -0.2) is 0 Å². The average molecular weight is 275 g/mol. The second kappa shape index (κ2) is 6.17. The molecule has 2 atom stereocenters. The highest BCUT2D eigenvalue weighted by molar-refractivity contribution is 5.44. The standard InChI is InChI=1S/C18H29NO/c1-13(18(2,3)4)12-16(19-5)15-10-6-8-14-9-7-11-20-17(14)15/h6,8,10,13,16,19H,7,9,11-12H2,1-5H3. The first-order valence-corrected chi connectivity index (χ1v) is 7.85. The van der Waals surface area contributed by atoms with E-state index in [0.29, 0.717) is 17.4 Å². The van der Waals surface area contributed by atoms with Gasteiger partial charge in [-0.1, -0.05) is 45.9 Å². The lowest BCUT2D eigenvalue weighted by atomic mass is 9.77. The molecule has 1 aliphatic rings. The van der Waals surface area contributed by atoms with Crippen LogP contribution in [0.1, 0.15) is 57.7 Å². The normalized spacial score (nSPS) is 18.1. The van der Waals surface area contributed by atoms with Crippen molar-refractivity contribution in [2.75, 3.05) is 13.7 Å². The average Bonchev–Trinajstić information content (AvgIpc) is 2.43. The fraction of sp³-hybridized carbons (Fsp3) is 0.667. The molecule has 20 heavy (non-hydrogen) atoms. The van der Waals surface area contributed by atoms with E-state index < -0.39 is 0 Å². The highest BCUT2D eigenvalue weighted by atomic mass is 16.5. The molecule has 1 aromatic carbocycles. The topological polar surface area (TPSA) is 21.3 Å². The predicted octanol–water partition coefficient (Wildman–Crippen LogP) is 4.34. The molecule has 1 heterocycles. The van der Waals surface area contributed by atoms with Crippen LogP contribution >= 0.6 is 0 Å². The van der Waals surface area contributed by atoms with Gasteiger partial charge in [0, 0.05) is 11.6 Å². The molecule has 2 nitrogen and oxygen atoms in total. The maximum absolute atomic E-state index is 5.96. The van der Waals surface area contributed by atoms with Crippen molar-refractivity contribution in [2.45, 2.75) is 53.0 Å². The maximum Gasteiger partial charge on any atom is 0.127 e. The van der Waals surface area contributed by atoms with E-state index in [1.165, 1.54) is 11.1 Å². The van der Waals surface area contributed by atoms with E-state index in [2.05, 4.69) is 58.3 Å². The summed E-state index contributed by atoms with van der Waals surface area (Å²) >= 11 is 0. The molecule has 1 aromatic rings. The molecule has 0 bridgehead atoms. The van der Waals surface area contributed by atoms with E-state index in [1.807, 2.05) is 0 Å². The number of aryl methyl sites for hydroxylation is 1. The first-order valence-electron chi connectivity index (χ1n) is 7.85. The van der Waals surface area contributed by atoms with Gasteiger partial charge < -0.3 is 10.1 Å². The summed E-state index contributed by atoms with van der Waals surface area (Å²) in [7, 11) is 2.06. The Kier molecular flexibility index (Phi) is 4.74. The van der Waals surface area contributed by atoms with E-state index in [9.17, 15) is 0 Å². The number of hydrogen-bond acceptors (Lipinski definition) is 2. The summed E-state index contributed by atoms with van der Waals surface area (Å²) in [5.74, 6) is 1.79. The molecular formula is C18H29NO.